The van der Waals surface area contributed by atoms with Crippen molar-refractivity contribution in [3.05, 3.63) is 37.6 Å². The first-order valence-electron chi connectivity index (χ1n) is 5.73. The first-order valence-corrected chi connectivity index (χ1v) is 5.73. The third kappa shape index (κ3) is 5.44. The van der Waals surface area contributed by atoms with E-state index in [0.29, 0.717) is 11.6 Å². The zero-order valence-electron chi connectivity index (χ0n) is 10.4. The molecular formula is C14H22N2. The van der Waals surface area contributed by atoms with Crippen molar-refractivity contribution in [2.45, 2.75) is 33.1 Å². The fourth-order valence-electron chi connectivity index (χ4n) is 1.46. The van der Waals surface area contributed by atoms with Gasteiger partial charge in [0.2, 0.25) is 0 Å². The monoisotopic (exact) mass is 218 g/mol. The van der Waals surface area contributed by atoms with Crippen LogP contribution in [0.4, 0.5) is 0 Å². The quantitative estimate of drug-likeness (QED) is 0.332. The van der Waals surface area contributed by atoms with E-state index < -0.39 is 0 Å². The van der Waals surface area contributed by atoms with Gasteiger partial charge >= 0.3 is 0 Å². The van der Waals surface area contributed by atoms with Crippen molar-refractivity contribution in [2.75, 3.05) is 0 Å². The molecule has 0 heterocycles. The van der Waals surface area contributed by atoms with Crippen LogP contribution in [0.15, 0.2) is 47.6 Å². The van der Waals surface area contributed by atoms with Crippen molar-refractivity contribution in [2.24, 2.45) is 15.9 Å². The molecular weight excluding hydrogens is 196 g/mol. The summed E-state index contributed by atoms with van der Waals surface area (Å²) in [5.74, 6) is 0.478. The SMILES string of the molecule is C=CC(=C)/N=C\N=C(/C=C)C(CC)CCC. The van der Waals surface area contributed by atoms with E-state index in [1.165, 1.54) is 6.34 Å². The summed E-state index contributed by atoms with van der Waals surface area (Å²) in [5.41, 5.74) is 1.63. The molecule has 0 rings (SSSR count). The maximum absolute atomic E-state index is 4.32. The summed E-state index contributed by atoms with van der Waals surface area (Å²) in [5, 5.41) is 0. The Morgan fingerprint density at radius 1 is 1.25 bits per heavy atom. The highest BCUT2D eigenvalue weighted by atomic mass is 14.9. The highest BCUT2D eigenvalue weighted by Gasteiger charge is 2.09. The molecule has 0 aliphatic rings. The van der Waals surface area contributed by atoms with Crippen LogP contribution in [0.3, 0.4) is 0 Å². The van der Waals surface area contributed by atoms with E-state index in [0.717, 1.165) is 25.0 Å². The van der Waals surface area contributed by atoms with Crippen molar-refractivity contribution in [3.8, 4) is 0 Å². The predicted molar refractivity (Wildman–Crippen MR) is 74.2 cm³/mol. The van der Waals surface area contributed by atoms with E-state index in [1.54, 1.807) is 6.08 Å². The first kappa shape index (κ1) is 14.6. The number of allylic oxidation sites excluding steroid dienone is 2. The lowest BCUT2D eigenvalue weighted by Gasteiger charge is -2.12. The summed E-state index contributed by atoms with van der Waals surface area (Å²) in [4.78, 5) is 8.35. The molecule has 0 bridgehead atoms. The lowest BCUT2D eigenvalue weighted by atomic mass is 9.95. The molecule has 0 aromatic carbocycles. The molecule has 0 spiro atoms. The maximum Gasteiger partial charge on any atom is 0.116 e. The Morgan fingerprint density at radius 2 is 1.94 bits per heavy atom. The van der Waals surface area contributed by atoms with Crippen molar-refractivity contribution in [3.63, 3.8) is 0 Å². The van der Waals surface area contributed by atoms with Gasteiger partial charge in [-0.1, -0.05) is 40.0 Å². The summed E-state index contributed by atoms with van der Waals surface area (Å²) in [6, 6.07) is 0. The molecule has 0 amide bonds. The van der Waals surface area contributed by atoms with Crippen LogP contribution < -0.4 is 0 Å². The Morgan fingerprint density at radius 3 is 2.38 bits per heavy atom. The Bertz CT molecular complexity index is 298. The minimum absolute atomic E-state index is 0.478. The van der Waals surface area contributed by atoms with Gasteiger partial charge < -0.3 is 0 Å². The van der Waals surface area contributed by atoms with E-state index in [1.807, 2.05) is 6.08 Å². The van der Waals surface area contributed by atoms with E-state index in [4.69, 9.17) is 0 Å². The third-order valence-corrected chi connectivity index (χ3v) is 2.42. The second-order valence-corrected chi connectivity index (χ2v) is 3.59. The Kier molecular flexibility index (Phi) is 8.04. The van der Waals surface area contributed by atoms with Crippen LogP contribution in [0.25, 0.3) is 0 Å². The molecule has 2 heteroatoms. The van der Waals surface area contributed by atoms with Gasteiger partial charge in [-0.2, -0.15) is 0 Å². The van der Waals surface area contributed by atoms with Gasteiger partial charge in [-0.05, 0) is 25.0 Å². The van der Waals surface area contributed by atoms with Crippen molar-refractivity contribution in [1.29, 1.82) is 0 Å². The molecule has 88 valence electrons. The molecule has 0 aliphatic carbocycles. The summed E-state index contributed by atoms with van der Waals surface area (Å²) < 4.78 is 0. The summed E-state index contributed by atoms with van der Waals surface area (Å²) >= 11 is 0. The molecule has 16 heavy (non-hydrogen) atoms. The molecule has 0 aromatic rings. The standard InChI is InChI=1S/C14H22N2/c1-6-10-13(8-3)14(9-4)16-11-15-12(5)7-2/h7,9,11,13H,2,4-6,8,10H2,1,3H3/b15-11-,16-14+. The maximum atomic E-state index is 4.32. The fraction of sp³-hybridized carbons (Fsp3) is 0.429. The lowest BCUT2D eigenvalue weighted by Crippen LogP contribution is -2.11. The van der Waals surface area contributed by atoms with Crippen LogP contribution in [0.5, 0.6) is 0 Å². The van der Waals surface area contributed by atoms with Crippen molar-refractivity contribution < 1.29 is 0 Å². The average Bonchev–Trinajstić information content (AvgIpc) is 2.32. The van der Waals surface area contributed by atoms with Gasteiger partial charge in [0, 0.05) is 11.6 Å². The highest BCUT2D eigenvalue weighted by Crippen LogP contribution is 2.13. The van der Waals surface area contributed by atoms with Crippen LogP contribution in [-0.4, -0.2) is 12.1 Å². The minimum Gasteiger partial charge on any atom is -0.241 e. The van der Waals surface area contributed by atoms with Gasteiger partial charge in [0.1, 0.15) is 6.34 Å². The zero-order chi connectivity index (χ0) is 12.4. The van der Waals surface area contributed by atoms with E-state index in [2.05, 4.69) is 43.6 Å². The Labute approximate surface area is 99.2 Å². The van der Waals surface area contributed by atoms with E-state index >= 15 is 0 Å². The number of hydrogen-bond acceptors (Lipinski definition) is 1. The zero-order valence-corrected chi connectivity index (χ0v) is 10.4. The van der Waals surface area contributed by atoms with Crippen molar-refractivity contribution in [1.82, 2.24) is 0 Å². The van der Waals surface area contributed by atoms with Crippen LogP contribution in [0.1, 0.15) is 33.1 Å². The molecule has 0 radical (unpaired) electrons. The second-order valence-electron chi connectivity index (χ2n) is 3.59. The number of hydrogen-bond donors (Lipinski definition) is 0. The molecule has 0 saturated carbocycles. The predicted octanol–water partition coefficient (Wildman–Crippen LogP) is 4.17. The highest BCUT2D eigenvalue weighted by molar-refractivity contribution is 6.00. The number of aliphatic imine (C=N–C) groups is 2. The Balaban J connectivity index is 4.62. The molecule has 0 saturated heterocycles. The van der Waals surface area contributed by atoms with Crippen LogP contribution >= 0.6 is 0 Å². The second kappa shape index (κ2) is 8.84. The van der Waals surface area contributed by atoms with Gasteiger partial charge in [-0.15, -0.1) is 0 Å². The van der Waals surface area contributed by atoms with Gasteiger partial charge in [-0.25, -0.2) is 9.98 Å². The van der Waals surface area contributed by atoms with Gasteiger partial charge in [0.05, 0.1) is 5.70 Å². The van der Waals surface area contributed by atoms with Gasteiger partial charge in [0.25, 0.3) is 0 Å². The molecule has 1 atom stereocenters. The smallest absolute Gasteiger partial charge is 0.116 e. The first-order chi connectivity index (χ1) is 7.69. The molecule has 0 fully saturated rings. The molecule has 1 unspecified atom stereocenters. The molecule has 0 aliphatic heterocycles. The van der Waals surface area contributed by atoms with Crippen LogP contribution in [-0.2, 0) is 0 Å². The van der Waals surface area contributed by atoms with Gasteiger partial charge in [-0.3, -0.25) is 0 Å². The minimum atomic E-state index is 0.478. The normalized spacial score (nSPS) is 13.8. The van der Waals surface area contributed by atoms with Crippen LogP contribution in [0.2, 0.25) is 0 Å². The number of nitrogens with zero attached hydrogens (tertiary/aromatic N) is 2. The van der Waals surface area contributed by atoms with E-state index in [9.17, 15) is 0 Å². The summed E-state index contributed by atoms with van der Waals surface area (Å²) in [6.07, 6.45) is 8.31. The van der Waals surface area contributed by atoms with Crippen molar-refractivity contribution >= 4 is 12.1 Å². The molecule has 0 N–H and O–H groups in total. The molecule has 2 nitrogen and oxygen atoms in total. The third-order valence-electron chi connectivity index (χ3n) is 2.42. The largest absolute Gasteiger partial charge is 0.241 e. The van der Waals surface area contributed by atoms with Gasteiger partial charge in [0.15, 0.2) is 0 Å². The summed E-state index contributed by atoms with van der Waals surface area (Å²) in [7, 11) is 0. The Hall–Kier alpha value is -1.44. The number of rotatable bonds is 8. The molecule has 0 aromatic heterocycles. The summed E-state index contributed by atoms with van der Waals surface area (Å²) in [6.45, 7) is 15.4. The average molecular weight is 218 g/mol. The van der Waals surface area contributed by atoms with Crippen LogP contribution in [0, 0.1) is 5.92 Å². The van der Waals surface area contributed by atoms with E-state index in [-0.39, 0.29) is 0 Å². The topological polar surface area (TPSA) is 24.7 Å². The fourth-order valence-corrected chi connectivity index (χ4v) is 1.46. The lowest BCUT2D eigenvalue weighted by molar-refractivity contribution is 0.597.